The Balaban J connectivity index is 2.73. The lowest BCUT2D eigenvalue weighted by molar-refractivity contribution is 0.0124. The van der Waals surface area contributed by atoms with Gasteiger partial charge in [-0.1, -0.05) is 5.11 Å². The van der Waals surface area contributed by atoms with Crippen molar-refractivity contribution in [3.05, 3.63) is 40.0 Å². The Morgan fingerprint density at radius 1 is 1.41 bits per heavy atom. The lowest BCUT2D eigenvalue weighted by Gasteiger charge is -2.17. The van der Waals surface area contributed by atoms with Crippen molar-refractivity contribution in [1.29, 1.82) is 0 Å². The number of pyridine rings is 1. The van der Waals surface area contributed by atoms with Gasteiger partial charge in [0.1, 0.15) is 6.10 Å². The Hall–Kier alpha value is -1.76. The Morgan fingerprint density at radius 2 is 2.12 bits per heavy atom. The van der Waals surface area contributed by atoms with Crippen molar-refractivity contribution in [3.63, 3.8) is 0 Å². The molecule has 0 spiro atoms. The van der Waals surface area contributed by atoms with Crippen molar-refractivity contribution in [2.24, 2.45) is 5.11 Å². The monoisotopic (exact) mass is 244 g/mol. The number of hydrogen-bond donors (Lipinski definition) is 2. The number of halogens is 2. The van der Waals surface area contributed by atoms with Crippen LogP contribution in [0.5, 0.6) is 0 Å². The summed E-state index contributed by atoms with van der Waals surface area (Å²) in [5.41, 5.74) is 7.71. The van der Waals surface area contributed by atoms with E-state index in [4.69, 9.17) is 5.53 Å². The molecule has 0 saturated heterocycles. The Labute approximate surface area is 95.2 Å². The highest BCUT2D eigenvalue weighted by Crippen LogP contribution is 2.21. The Kier molecular flexibility index (Phi) is 4.77. The first-order valence-corrected chi connectivity index (χ1v) is 4.75. The quantitative estimate of drug-likeness (QED) is 0.354. The largest absolute Gasteiger partial charge is 0.390 e. The van der Waals surface area contributed by atoms with Crippen molar-refractivity contribution in [1.82, 2.24) is 4.98 Å². The van der Waals surface area contributed by atoms with Crippen LogP contribution in [-0.4, -0.2) is 27.8 Å². The van der Waals surface area contributed by atoms with E-state index in [9.17, 15) is 19.0 Å². The van der Waals surface area contributed by atoms with Crippen LogP contribution in [0, 0.1) is 11.9 Å². The minimum atomic E-state index is -1.54. The Bertz CT molecular complexity index is 437. The molecule has 0 aliphatic heterocycles. The molecule has 0 aliphatic rings. The number of aliphatic hydroxyl groups is 2. The summed E-state index contributed by atoms with van der Waals surface area (Å²) < 4.78 is 25.7. The number of nitrogens with zero attached hydrogens (tertiary/aromatic N) is 4. The number of rotatable bonds is 5. The molecule has 2 N–H and O–H groups in total. The van der Waals surface area contributed by atoms with Gasteiger partial charge < -0.3 is 10.2 Å². The third-order valence-electron chi connectivity index (χ3n) is 2.11. The molecular weight excluding hydrogens is 234 g/mol. The highest BCUT2D eigenvalue weighted by molar-refractivity contribution is 5.15. The van der Waals surface area contributed by atoms with Gasteiger partial charge in [0.2, 0.25) is 11.9 Å². The van der Waals surface area contributed by atoms with Crippen molar-refractivity contribution in [2.45, 2.75) is 18.6 Å². The first kappa shape index (κ1) is 13.3. The van der Waals surface area contributed by atoms with Crippen LogP contribution in [0.25, 0.3) is 10.4 Å². The van der Waals surface area contributed by atoms with E-state index in [1.165, 1.54) is 0 Å². The topological polar surface area (TPSA) is 102 Å². The molecule has 1 aromatic heterocycles. The summed E-state index contributed by atoms with van der Waals surface area (Å²) in [6.07, 6.45) is -2.90. The third-order valence-corrected chi connectivity index (χ3v) is 2.11. The second-order valence-electron chi connectivity index (χ2n) is 3.27. The molecule has 8 heteroatoms. The average molecular weight is 244 g/mol. The molecule has 1 heterocycles. The van der Waals surface area contributed by atoms with Gasteiger partial charge in [0, 0.05) is 17.0 Å². The number of hydrogen-bond acceptors (Lipinski definition) is 4. The van der Waals surface area contributed by atoms with Gasteiger partial charge in [-0.25, -0.2) is 0 Å². The van der Waals surface area contributed by atoms with E-state index in [1.54, 1.807) is 0 Å². The molecule has 6 nitrogen and oxygen atoms in total. The zero-order chi connectivity index (χ0) is 12.8. The van der Waals surface area contributed by atoms with Crippen molar-refractivity contribution in [3.8, 4) is 0 Å². The standard InChI is InChI=1S/C9H10F2N4O2/c10-7-2-1-5(9(11)14-7)8(17)6(16)3-4-13-15-12/h1-2,6,8,16-17H,3-4H2. The molecule has 0 saturated carbocycles. The summed E-state index contributed by atoms with van der Waals surface area (Å²) in [6, 6.07) is 1.88. The molecule has 2 unspecified atom stereocenters. The molecule has 0 fully saturated rings. The van der Waals surface area contributed by atoms with Crippen LogP contribution in [0.15, 0.2) is 17.2 Å². The van der Waals surface area contributed by atoms with E-state index in [1.807, 2.05) is 0 Å². The molecule has 0 aliphatic carbocycles. The lowest BCUT2D eigenvalue weighted by atomic mass is 10.0. The lowest BCUT2D eigenvalue weighted by Crippen LogP contribution is -2.20. The number of azide groups is 1. The SMILES string of the molecule is [N-]=[N+]=NCCC(O)C(O)c1ccc(F)nc1F. The van der Waals surface area contributed by atoms with Crippen LogP contribution < -0.4 is 0 Å². The summed E-state index contributed by atoms with van der Waals surface area (Å²) in [4.78, 5) is 5.35. The first-order chi connectivity index (χ1) is 8.06. The predicted octanol–water partition coefficient (Wildman–Crippen LogP) is 1.45. The van der Waals surface area contributed by atoms with Gasteiger partial charge in [-0.15, -0.1) is 0 Å². The summed E-state index contributed by atoms with van der Waals surface area (Å²) >= 11 is 0. The predicted molar refractivity (Wildman–Crippen MR) is 53.7 cm³/mol. The van der Waals surface area contributed by atoms with Gasteiger partial charge in [-0.05, 0) is 24.1 Å². The van der Waals surface area contributed by atoms with E-state index in [0.29, 0.717) is 0 Å². The van der Waals surface area contributed by atoms with Crippen molar-refractivity contribution < 1.29 is 19.0 Å². The minimum absolute atomic E-state index is 0.0367. The zero-order valence-electron chi connectivity index (χ0n) is 8.66. The molecule has 0 aromatic carbocycles. The van der Waals surface area contributed by atoms with E-state index in [2.05, 4.69) is 15.0 Å². The maximum atomic E-state index is 13.1. The fraction of sp³-hybridized carbons (Fsp3) is 0.444. The van der Waals surface area contributed by atoms with Crippen LogP contribution in [0.1, 0.15) is 18.1 Å². The van der Waals surface area contributed by atoms with Gasteiger partial charge in [0.15, 0.2) is 0 Å². The van der Waals surface area contributed by atoms with Crippen LogP contribution in [0.2, 0.25) is 0 Å². The van der Waals surface area contributed by atoms with Crippen LogP contribution in [-0.2, 0) is 0 Å². The summed E-state index contributed by atoms with van der Waals surface area (Å²) in [5.74, 6) is -2.19. The Morgan fingerprint density at radius 3 is 2.71 bits per heavy atom. The maximum absolute atomic E-state index is 13.1. The molecule has 1 aromatic rings. The smallest absolute Gasteiger partial charge is 0.221 e. The zero-order valence-corrected chi connectivity index (χ0v) is 8.66. The van der Waals surface area contributed by atoms with Crippen LogP contribution in [0.3, 0.4) is 0 Å². The van der Waals surface area contributed by atoms with Crippen LogP contribution >= 0.6 is 0 Å². The van der Waals surface area contributed by atoms with Gasteiger partial charge >= 0.3 is 0 Å². The van der Waals surface area contributed by atoms with E-state index in [-0.39, 0.29) is 18.5 Å². The second kappa shape index (κ2) is 6.09. The fourth-order valence-electron chi connectivity index (χ4n) is 1.24. The van der Waals surface area contributed by atoms with E-state index < -0.39 is 24.1 Å². The highest BCUT2D eigenvalue weighted by atomic mass is 19.1. The average Bonchev–Trinajstić information content (AvgIpc) is 2.28. The molecule has 92 valence electrons. The van der Waals surface area contributed by atoms with Crippen molar-refractivity contribution >= 4 is 0 Å². The molecule has 1 rings (SSSR count). The van der Waals surface area contributed by atoms with Gasteiger partial charge in [-0.2, -0.15) is 13.8 Å². The highest BCUT2D eigenvalue weighted by Gasteiger charge is 2.22. The van der Waals surface area contributed by atoms with Gasteiger partial charge in [-0.3, -0.25) is 0 Å². The maximum Gasteiger partial charge on any atom is 0.221 e. The molecule has 2 atom stereocenters. The second-order valence-corrected chi connectivity index (χ2v) is 3.27. The normalized spacial score (nSPS) is 13.9. The van der Waals surface area contributed by atoms with Crippen molar-refractivity contribution in [2.75, 3.05) is 6.54 Å². The third kappa shape index (κ3) is 3.63. The number of aliphatic hydroxyl groups excluding tert-OH is 2. The summed E-state index contributed by atoms with van der Waals surface area (Å²) in [7, 11) is 0. The van der Waals surface area contributed by atoms with Crippen LogP contribution in [0.4, 0.5) is 8.78 Å². The van der Waals surface area contributed by atoms with E-state index >= 15 is 0 Å². The summed E-state index contributed by atoms with van der Waals surface area (Å²) in [5, 5.41) is 22.2. The number of aromatic nitrogens is 1. The molecule has 0 amide bonds. The van der Waals surface area contributed by atoms with Gasteiger partial charge in [0.25, 0.3) is 0 Å². The van der Waals surface area contributed by atoms with E-state index in [0.717, 1.165) is 12.1 Å². The molecule has 17 heavy (non-hydrogen) atoms. The summed E-state index contributed by atoms with van der Waals surface area (Å²) in [6.45, 7) is -0.0367. The minimum Gasteiger partial charge on any atom is -0.390 e. The first-order valence-electron chi connectivity index (χ1n) is 4.75. The van der Waals surface area contributed by atoms with Gasteiger partial charge in [0.05, 0.1) is 6.10 Å². The molecule has 0 radical (unpaired) electrons. The molecular formula is C9H10F2N4O2. The fourth-order valence-corrected chi connectivity index (χ4v) is 1.24. The molecule has 0 bridgehead atoms.